The van der Waals surface area contributed by atoms with E-state index in [4.69, 9.17) is 13.9 Å². The Kier molecular flexibility index (Phi) is 5.35. The maximum absolute atomic E-state index is 13.3. The normalized spacial score (nSPS) is 10.9. The van der Waals surface area contributed by atoms with Crippen molar-refractivity contribution < 1.29 is 27.9 Å². The third kappa shape index (κ3) is 3.55. The molecule has 0 saturated carbocycles. The Balaban J connectivity index is 2.31. The van der Waals surface area contributed by atoms with Gasteiger partial charge in [0.25, 0.3) is 5.91 Å². The molecule has 0 bridgehead atoms. The number of benzene rings is 2. The first-order valence-corrected chi connectivity index (χ1v) is 8.69. The monoisotopic (exact) mass is 385 g/mol. The maximum Gasteiger partial charge on any atom is 0.341 e. The zero-order valence-electron chi connectivity index (χ0n) is 16.0. The number of halogens is 1. The summed E-state index contributed by atoms with van der Waals surface area (Å²) in [6.07, 6.45) is -0.201. The number of methoxy groups -OCH3 is 1. The van der Waals surface area contributed by atoms with Crippen LogP contribution < -0.4 is 10.1 Å². The van der Waals surface area contributed by atoms with Crippen LogP contribution in [-0.2, 0) is 4.74 Å². The first-order valence-electron chi connectivity index (χ1n) is 8.69. The SMILES string of the molecule is CNC(=O)c1c(-c2ccc(F)cc2)oc2cc(C(=O)OC)c(OC(C)C)cc12. The summed E-state index contributed by atoms with van der Waals surface area (Å²) in [5, 5.41) is 3.06. The lowest BCUT2D eigenvalue weighted by atomic mass is 10.0. The molecule has 2 aromatic carbocycles. The van der Waals surface area contributed by atoms with E-state index in [0.717, 1.165) is 0 Å². The number of ether oxygens (including phenoxy) is 2. The van der Waals surface area contributed by atoms with E-state index in [1.165, 1.54) is 44.5 Å². The molecule has 1 N–H and O–H groups in total. The second-order valence-corrected chi connectivity index (χ2v) is 6.39. The summed E-state index contributed by atoms with van der Waals surface area (Å²) in [6, 6.07) is 8.67. The summed E-state index contributed by atoms with van der Waals surface area (Å²) < 4.78 is 29.8. The number of amides is 1. The van der Waals surface area contributed by atoms with Crippen molar-refractivity contribution in [3.63, 3.8) is 0 Å². The van der Waals surface area contributed by atoms with Crippen LogP contribution in [0.2, 0.25) is 0 Å². The molecule has 0 fully saturated rings. The summed E-state index contributed by atoms with van der Waals surface area (Å²) in [6.45, 7) is 3.65. The Bertz CT molecular complexity index is 1040. The molecule has 1 aromatic heterocycles. The van der Waals surface area contributed by atoms with Gasteiger partial charge >= 0.3 is 5.97 Å². The van der Waals surface area contributed by atoms with Gasteiger partial charge < -0.3 is 19.2 Å². The molecule has 0 aliphatic rings. The second kappa shape index (κ2) is 7.72. The predicted molar refractivity (Wildman–Crippen MR) is 102 cm³/mol. The fourth-order valence-electron chi connectivity index (χ4n) is 2.90. The summed E-state index contributed by atoms with van der Waals surface area (Å²) in [5.41, 5.74) is 1.30. The largest absolute Gasteiger partial charge is 0.490 e. The topological polar surface area (TPSA) is 77.8 Å². The summed E-state index contributed by atoms with van der Waals surface area (Å²) >= 11 is 0. The minimum atomic E-state index is -0.584. The van der Waals surface area contributed by atoms with Gasteiger partial charge in [0.1, 0.15) is 28.5 Å². The molecule has 7 heteroatoms. The zero-order chi connectivity index (χ0) is 20.4. The molecule has 0 saturated heterocycles. The first-order chi connectivity index (χ1) is 13.3. The number of carbonyl (C=O) groups is 2. The van der Waals surface area contributed by atoms with E-state index in [1.807, 2.05) is 13.8 Å². The smallest absolute Gasteiger partial charge is 0.341 e. The van der Waals surface area contributed by atoms with Crippen LogP contribution in [0.3, 0.4) is 0 Å². The van der Waals surface area contributed by atoms with Crippen molar-refractivity contribution in [2.75, 3.05) is 14.2 Å². The fourth-order valence-corrected chi connectivity index (χ4v) is 2.90. The van der Waals surface area contributed by atoms with Crippen molar-refractivity contribution in [2.24, 2.45) is 0 Å². The molecular weight excluding hydrogens is 365 g/mol. The van der Waals surface area contributed by atoms with Gasteiger partial charge in [-0.05, 0) is 50.2 Å². The highest BCUT2D eigenvalue weighted by atomic mass is 19.1. The van der Waals surface area contributed by atoms with Crippen LogP contribution in [0.25, 0.3) is 22.3 Å². The number of nitrogens with one attached hydrogen (secondary N) is 1. The van der Waals surface area contributed by atoms with E-state index in [1.54, 1.807) is 6.07 Å². The Morgan fingerprint density at radius 1 is 1.14 bits per heavy atom. The Morgan fingerprint density at radius 2 is 1.82 bits per heavy atom. The molecule has 0 spiro atoms. The van der Waals surface area contributed by atoms with Gasteiger partial charge in [-0.25, -0.2) is 9.18 Å². The molecule has 146 valence electrons. The van der Waals surface area contributed by atoms with Gasteiger partial charge in [-0.3, -0.25) is 4.79 Å². The van der Waals surface area contributed by atoms with Gasteiger partial charge in [-0.2, -0.15) is 0 Å². The molecule has 0 atom stereocenters. The van der Waals surface area contributed by atoms with Gasteiger partial charge in [0.15, 0.2) is 0 Å². The van der Waals surface area contributed by atoms with Crippen molar-refractivity contribution in [3.8, 4) is 17.1 Å². The first kappa shape index (κ1) is 19.4. The van der Waals surface area contributed by atoms with Crippen LogP contribution in [0.4, 0.5) is 4.39 Å². The molecular formula is C21H20FNO5. The number of furan rings is 1. The van der Waals surface area contributed by atoms with Crippen LogP contribution in [-0.4, -0.2) is 32.1 Å². The summed E-state index contributed by atoms with van der Waals surface area (Å²) in [7, 11) is 2.78. The van der Waals surface area contributed by atoms with Crippen molar-refractivity contribution >= 4 is 22.8 Å². The van der Waals surface area contributed by atoms with E-state index < -0.39 is 11.8 Å². The number of fused-ring (bicyclic) bond motifs is 1. The van der Waals surface area contributed by atoms with Gasteiger partial charge in [0, 0.05) is 18.0 Å². The van der Waals surface area contributed by atoms with Crippen molar-refractivity contribution in [2.45, 2.75) is 20.0 Å². The third-order valence-electron chi connectivity index (χ3n) is 4.12. The Hall–Kier alpha value is -3.35. The minimum Gasteiger partial charge on any atom is -0.490 e. The van der Waals surface area contributed by atoms with Gasteiger partial charge in [0.05, 0.1) is 18.8 Å². The number of hydrogen-bond acceptors (Lipinski definition) is 5. The van der Waals surface area contributed by atoms with Crippen LogP contribution >= 0.6 is 0 Å². The van der Waals surface area contributed by atoms with Crippen molar-refractivity contribution in [3.05, 3.63) is 53.3 Å². The third-order valence-corrected chi connectivity index (χ3v) is 4.12. The van der Waals surface area contributed by atoms with Crippen LogP contribution in [0, 0.1) is 5.82 Å². The maximum atomic E-state index is 13.3. The molecule has 0 unspecified atom stereocenters. The number of esters is 1. The predicted octanol–water partition coefficient (Wildman–Crippen LogP) is 4.17. The van der Waals surface area contributed by atoms with Crippen LogP contribution in [0.5, 0.6) is 5.75 Å². The van der Waals surface area contributed by atoms with Crippen molar-refractivity contribution in [1.82, 2.24) is 5.32 Å². The molecule has 28 heavy (non-hydrogen) atoms. The lowest BCUT2D eigenvalue weighted by Crippen LogP contribution is -2.18. The highest BCUT2D eigenvalue weighted by Gasteiger charge is 2.25. The van der Waals surface area contributed by atoms with E-state index in [-0.39, 0.29) is 34.6 Å². The minimum absolute atomic E-state index is 0.187. The highest BCUT2D eigenvalue weighted by Crippen LogP contribution is 2.37. The zero-order valence-corrected chi connectivity index (χ0v) is 16.0. The van der Waals surface area contributed by atoms with E-state index in [0.29, 0.717) is 16.5 Å². The lowest BCUT2D eigenvalue weighted by Gasteiger charge is -2.13. The lowest BCUT2D eigenvalue weighted by molar-refractivity contribution is 0.0594. The van der Waals surface area contributed by atoms with Crippen molar-refractivity contribution in [1.29, 1.82) is 0 Å². The van der Waals surface area contributed by atoms with Crippen LogP contribution in [0.1, 0.15) is 34.6 Å². The van der Waals surface area contributed by atoms with Gasteiger partial charge in [-0.15, -0.1) is 0 Å². The number of carbonyl (C=O) groups excluding carboxylic acids is 2. The number of rotatable bonds is 5. The Labute approximate surface area is 161 Å². The standard InChI is InChI=1S/C21H20FNO5/c1-11(2)27-17-9-14-16(10-15(17)21(25)26-4)28-19(18(14)20(24)23-3)12-5-7-13(22)8-6-12/h5-11H,1-4H3,(H,23,24). The van der Waals surface area contributed by atoms with E-state index in [2.05, 4.69) is 5.32 Å². The molecule has 0 aliphatic carbocycles. The quantitative estimate of drug-likeness (QED) is 0.667. The molecule has 3 aromatic rings. The molecule has 0 radical (unpaired) electrons. The average molecular weight is 385 g/mol. The van der Waals surface area contributed by atoms with Gasteiger partial charge in [-0.1, -0.05) is 0 Å². The second-order valence-electron chi connectivity index (χ2n) is 6.39. The molecule has 6 nitrogen and oxygen atoms in total. The highest BCUT2D eigenvalue weighted by molar-refractivity contribution is 6.12. The molecule has 0 aliphatic heterocycles. The number of hydrogen-bond donors (Lipinski definition) is 1. The average Bonchev–Trinajstić information content (AvgIpc) is 3.04. The Morgan fingerprint density at radius 3 is 2.39 bits per heavy atom. The van der Waals surface area contributed by atoms with Crippen LogP contribution in [0.15, 0.2) is 40.8 Å². The summed E-state index contributed by atoms with van der Waals surface area (Å²) in [5.74, 6) is -0.807. The fraction of sp³-hybridized carbons (Fsp3) is 0.238. The van der Waals surface area contributed by atoms with E-state index >= 15 is 0 Å². The molecule has 1 amide bonds. The van der Waals surface area contributed by atoms with E-state index in [9.17, 15) is 14.0 Å². The molecule has 1 heterocycles. The summed E-state index contributed by atoms with van der Waals surface area (Å²) in [4.78, 5) is 24.8. The molecule has 3 rings (SSSR count). The van der Waals surface area contributed by atoms with Gasteiger partial charge in [0.2, 0.25) is 0 Å².